The number of sulfonamides is 1. The molecule has 3 N–H and O–H groups in total. The van der Waals surface area contributed by atoms with Gasteiger partial charge in [0.05, 0.1) is 22.7 Å². The molecule has 1 saturated heterocycles. The van der Waals surface area contributed by atoms with Gasteiger partial charge in [-0.25, -0.2) is 8.42 Å². The molecule has 11 heteroatoms. The van der Waals surface area contributed by atoms with Crippen molar-refractivity contribution in [1.29, 1.82) is 0 Å². The Hall–Kier alpha value is -3.47. The summed E-state index contributed by atoms with van der Waals surface area (Å²) in [6.45, 7) is 4.10. The van der Waals surface area contributed by atoms with Crippen LogP contribution in [-0.2, 0) is 19.6 Å². The third kappa shape index (κ3) is 5.50. The Morgan fingerprint density at radius 2 is 1.87 bits per heavy atom. The van der Waals surface area contributed by atoms with Crippen LogP contribution in [-0.4, -0.2) is 43.8 Å². The molecule has 0 aliphatic carbocycles. The van der Waals surface area contributed by atoms with Gasteiger partial charge < -0.3 is 16.0 Å². The fourth-order valence-electron chi connectivity index (χ4n) is 5.23. The Balaban J connectivity index is 1.42. The lowest BCUT2D eigenvalue weighted by molar-refractivity contribution is -0.125. The smallest absolute Gasteiger partial charge is 0.265 e. The first kappa shape index (κ1) is 27.1. The Morgan fingerprint density at radius 3 is 2.64 bits per heavy atom. The van der Waals surface area contributed by atoms with E-state index in [1.54, 1.807) is 56.6 Å². The molecule has 0 radical (unpaired) electrons. The topological polar surface area (TPSA) is 121 Å². The number of carbonyl (C=O) groups is 2. The van der Waals surface area contributed by atoms with Crippen LogP contribution in [0.25, 0.3) is 0 Å². The van der Waals surface area contributed by atoms with E-state index in [9.17, 15) is 18.0 Å². The van der Waals surface area contributed by atoms with E-state index in [-0.39, 0.29) is 29.3 Å². The van der Waals surface area contributed by atoms with E-state index in [4.69, 9.17) is 11.6 Å². The average Bonchev–Trinajstić information content (AvgIpc) is 2.91. The zero-order valence-electron chi connectivity index (χ0n) is 21.6. The van der Waals surface area contributed by atoms with Gasteiger partial charge in [0.25, 0.3) is 10.0 Å². The number of pyridine rings is 1. The second kappa shape index (κ2) is 11.0. The van der Waals surface area contributed by atoms with Crippen molar-refractivity contribution in [1.82, 2.24) is 15.6 Å². The van der Waals surface area contributed by atoms with Gasteiger partial charge in [-0.3, -0.25) is 18.9 Å². The molecule has 1 fully saturated rings. The first-order valence-corrected chi connectivity index (χ1v) is 14.6. The zero-order chi connectivity index (χ0) is 27.7. The maximum absolute atomic E-state index is 14.1. The van der Waals surface area contributed by atoms with E-state index < -0.39 is 22.0 Å². The third-order valence-corrected chi connectivity index (χ3v) is 9.61. The number of piperidine rings is 1. The zero-order valence-corrected chi connectivity index (χ0v) is 23.2. The largest absolute Gasteiger partial charge is 0.353 e. The summed E-state index contributed by atoms with van der Waals surface area (Å²) >= 11 is 6.23. The van der Waals surface area contributed by atoms with Crippen molar-refractivity contribution in [3.8, 4) is 0 Å². The van der Waals surface area contributed by atoms with Crippen LogP contribution in [0, 0.1) is 13.8 Å². The molecule has 2 aromatic carbocycles. The highest BCUT2D eigenvalue weighted by atomic mass is 35.5. The normalized spacial score (nSPS) is 21.2. The van der Waals surface area contributed by atoms with E-state index in [0.717, 1.165) is 16.3 Å². The lowest BCUT2D eigenvalue weighted by Gasteiger charge is -2.37. The molecule has 9 nitrogen and oxygen atoms in total. The Bertz CT molecular complexity index is 1520. The Labute approximate surface area is 233 Å². The number of para-hydroxylation sites is 2. The summed E-state index contributed by atoms with van der Waals surface area (Å²) < 4.78 is 29.3. The van der Waals surface area contributed by atoms with Gasteiger partial charge in [-0.2, -0.15) is 0 Å². The lowest BCUT2D eigenvalue weighted by Crippen LogP contribution is -2.54. The fourth-order valence-corrected chi connectivity index (χ4v) is 7.38. The number of nitrogens with zero attached hydrogens (tertiary/aromatic N) is 2. The molecule has 1 aromatic heterocycles. The van der Waals surface area contributed by atoms with Crippen LogP contribution in [0.5, 0.6) is 0 Å². The Morgan fingerprint density at radius 1 is 1.13 bits per heavy atom. The van der Waals surface area contributed by atoms with E-state index in [1.807, 2.05) is 12.1 Å². The number of hydrogen-bond donors (Lipinski definition) is 3. The predicted molar refractivity (Wildman–Crippen MR) is 150 cm³/mol. The number of hydrogen-bond acceptors (Lipinski definition) is 6. The molecule has 3 heterocycles. The van der Waals surface area contributed by atoms with Crippen molar-refractivity contribution in [2.45, 2.75) is 56.1 Å². The first-order chi connectivity index (χ1) is 18.6. The van der Waals surface area contributed by atoms with Crippen molar-refractivity contribution < 1.29 is 18.0 Å². The van der Waals surface area contributed by atoms with Crippen molar-refractivity contribution >= 4 is 44.8 Å². The number of aromatic nitrogens is 1. The number of anilines is 2. The van der Waals surface area contributed by atoms with E-state index in [1.165, 1.54) is 6.07 Å². The summed E-state index contributed by atoms with van der Waals surface area (Å²) in [5, 5.41) is 9.72. The number of aryl methyl sites for hydroxylation is 2. The van der Waals surface area contributed by atoms with Crippen LogP contribution in [0.3, 0.4) is 0 Å². The van der Waals surface area contributed by atoms with Crippen molar-refractivity contribution in [3.05, 3.63) is 82.6 Å². The highest BCUT2D eigenvalue weighted by Gasteiger charge is 2.43. The van der Waals surface area contributed by atoms with Crippen LogP contribution >= 0.6 is 11.6 Å². The van der Waals surface area contributed by atoms with Gasteiger partial charge in [0.1, 0.15) is 6.04 Å². The molecule has 2 amide bonds. The van der Waals surface area contributed by atoms with Gasteiger partial charge in [0.2, 0.25) is 11.8 Å². The van der Waals surface area contributed by atoms with E-state index in [0.29, 0.717) is 40.5 Å². The van der Waals surface area contributed by atoms with Crippen molar-refractivity contribution in [2.75, 3.05) is 16.2 Å². The monoisotopic (exact) mass is 567 g/mol. The van der Waals surface area contributed by atoms with Crippen molar-refractivity contribution in [3.63, 3.8) is 0 Å². The summed E-state index contributed by atoms with van der Waals surface area (Å²) in [4.78, 5) is 30.7. The molecule has 0 spiro atoms. The van der Waals surface area contributed by atoms with Crippen LogP contribution in [0.2, 0.25) is 5.02 Å². The van der Waals surface area contributed by atoms with Gasteiger partial charge in [-0.15, -0.1) is 0 Å². The molecule has 204 valence electrons. The number of halogens is 1. The van der Waals surface area contributed by atoms with Crippen LogP contribution in [0.15, 0.2) is 65.8 Å². The standard InChI is InChI=1S/C28H30ClN5O4S/c1-17-14-26(18(2)13-21(17)29)39(37,38)34-24-6-4-3-5-22(24)33-28(36)25(34)16-27(35)32-20-9-12-31-23(15-20)19-7-10-30-11-8-19/h3-8,10-11,13-14,20,23,25,31H,9,12,15-16H2,1-2H3,(H,32,35)(H,33,36). The summed E-state index contributed by atoms with van der Waals surface area (Å²) in [6.07, 6.45) is 4.53. The SMILES string of the molecule is Cc1cc(S(=O)(=O)N2c3ccccc3NC(=O)C2CC(=O)NC2CCNC(c3ccncc3)C2)c(C)cc1Cl. The van der Waals surface area contributed by atoms with Crippen LogP contribution in [0.4, 0.5) is 11.4 Å². The highest BCUT2D eigenvalue weighted by molar-refractivity contribution is 7.93. The number of nitrogens with one attached hydrogen (secondary N) is 3. The van der Waals surface area contributed by atoms with Gasteiger partial charge in [0.15, 0.2) is 0 Å². The lowest BCUT2D eigenvalue weighted by atomic mass is 9.94. The maximum Gasteiger partial charge on any atom is 0.265 e. The van der Waals surface area contributed by atoms with Crippen LogP contribution in [0.1, 0.15) is 42.0 Å². The molecular formula is C28H30ClN5O4S. The second-order valence-corrected chi connectivity index (χ2v) is 12.2. The van der Waals surface area contributed by atoms with Gasteiger partial charge in [-0.05, 0) is 86.3 Å². The summed E-state index contributed by atoms with van der Waals surface area (Å²) in [5.41, 5.74) is 2.80. The molecule has 5 rings (SSSR count). The molecular weight excluding hydrogens is 538 g/mol. The van der Waals surface area contributed by atoms with Crippen LogP contribution < -0.4 is 20.3 Å². The van der Waals surface area contributed by atoms with Gasteiger partial charge in [0, 0.05) is 29.5 Å². The molecule has 3 unspecified atom stereocenters. The average molecular weight is 568 g/mol. The summed E-state index contributed by atoms with van der Waals surface area (Å²) in [7, 11) is -4.23. The Kier molecular flexibility index (Phi) is 7.61. The molecule has 3 aromatic rings. The van der Waals surface area contributed by atoms with E-state index >= 15 is 0 Å². The number of rotatable bonds is 6. The number of amides is 2. The molecule has 2 aliphatic rings. The molecule has 0 bridgehead atoms. The van der Waals surface area contributed by atoms with E-state index in [2.05, 4.69) is 20.9 Å². The minimum atomic E-state index is -4.23. The maximum atomic E-state index is 14.1. The number of benzene rings is 2. The quantitative estimate of drug-likeness (QED) is 0.416. The van der Waals surface area contributed by atoms with Gasteiger partial charge in [-0.1, -0.05) is 23.7 Å². The van der Waals surface area contributed by atoms with Gasteiger partial charge >= 0.3 is 0 Å². The molecule has 2 aliphatic heterocycles. The minimum absolute atomic E-state index is 0.0397. The third-order valence-electron chi connectivity index (χ3n) is 7.23. The first-order valence-electron chi connectivity index (χ1n) is 12.8. The number of carbonyl (C=O) groups excluding carboxylic acids is 2. The van der Waals surface area contributed by atoms with Crippen molar-refractivity contribution in [2.24, 2.45) is 0 Å². The molecule has 39 heavy (non-hydrogen) atoms. The summed E-state index contributed by atoms with van der Waals surface area (Å²) in [5.74, 6) is -0.949. The number of fused-ring (bicyclic) bond motifs is 1. The predicted octanol–water partition coefficient (Wildman–Crippen LogP) is 3.87. The second-order valence-electron chi connectivity index (χ2n) is 9.97. The fraction of sp³-hybridized carbons (Fsp3) is 0.321. The molecule has 3 atom stereocenters. The minimum Gasteiger partial charge on any atom is -0.353 e. The summed E-state index contributed by atoms with van der Waals surface area (Å²) in [6, 6.07) is 12.3. The highest BCUT2D eigenvalue weighted by Crippen LogP contribution is 2.38. The molecule has 0 saturated carbocycles.